The van der Waals surface area contributed by atoms with Gasteiger partial charge in [-0.2, -0.15) is 0 Å². The first kappa shape index (κ1) is 14.1. The van der Waals surface area contributed by atoms with Gasteiger partial charge in [0.15, 0.2) is 0 Å². The molecule has 4 nitrogen and oxygen atoms in total. The van der Waals surface area contributed by atoms with E-state index in [1.54, 1.807) is 6.08 Å². The van der Waals surface area contributed by atoms with Crippen LogP contribution in [0.5, 0.6) is 5.75 Å². The van der Waals surface area contributed by atoms with Crippen molar-refractivity contribution in [1.82, 2.24) is 4.90 Å². The summed E-state index contributed by atoms with van der Waals surface area (Å²) in [6.45, 7) is 2.37. The molecule has 4 heteroatoms. The second-order valence-corrected chi connectivity index (χ2v) is 5.77. The molecule has 0 aliphatic carbocycles. The molecule has 1 aromatic rings. The van der Waals surface area contributed by atoms with Gasteiger partial charge in [0.25, 0.3) is 0 Å². The number of hydrogen-bond donors (Lipinski definition) is 1. The Morgan fingerprint density at radius 3 is 3.24 bits per heavy atom. The second kappa shape index (κ2) is 6.31. The average molecular weight is 287 g/mol. The number of piperidine rings is 1. The average Bonchev–Trinajstić information content (AvgIpc) is 3.00. The van der Waals surface area contributed by atoms with Gasteiger partial charge in [0, 0.05) is 32.2 Å². The van der Waals surface area contributed by atoms with Crippen LogP contribution in [0.15, 0.2) is 24.3 Å². The van der Waals surface area contributed by atoms with Crippen molar-refractivity contribution in [2.24, 2.45) is 5.92 Å². The molecule has 0 bridgehead atoms. The van der Waals surface area contributed by atoms with Crippen LogP contribution in [0.25, 0.3) is 6.08 Å². The summed E-state index contributed by atoms with van der Waals surface area (Å²) in [6.07, 6.45) is 6.42. The van der Waals surface area contributed by atoms with Crippen molar-refractivity contribution in [1.29, 1.82) is 0 Å². The van der Waals surface area contributed by atoms with E-state index in [9.17, 15) is 9.90 Å². The zero-order valence-electron chi connectivity index (χ0n) is 12.1. The topological polar surface area (TPSA) is 49.8 Å². The van der Waals surface area contributed by atoms with Gasteiger partial charge in [0.1, 0.15) is 5.75 Å². The summed E-state index contributed by atoms with van der Waals surface area (Å²) in [6, 6.07) is 6.02. The number of carbonyl (C=O) groups excluding carboxylic acids is 1. The molecule has 21 heavy (non-hydrogen) atoms. The fourth-order valence-electron chi connectivity index (χ4n) is 3.00. The van der Waals surface area contributed by atoms with Crippen LogP contribution in [0.1, 0.15) is 24.0 Å². The first-order valence-electron chi connectivity index (χ1n) is 7.60. The summed E-state index contributed by atoms with van der Waals surface area (Å²) in [5.74, 6) is 1.22. The molecule has 1 unspecified atom stereocenters. The van der Waals surface area contributed by atoms with Crippen LogP contribution in [0.4, 0.5) is 0 Å². The lowest BCUT2D eigenvalue weighted by molar-refractivity contribution is -0.127. The van der Waals surface area contributed by atoms with E-state index in [0.717, 1.165) is 43.7 Å². The molecule has 112 valence electrons. The minimum absolute atomic E-state index is 0.0323. The molecule has 1 amide bonds. The lowest BCUT2D eigenvalue weighted by atomic mass is 9.99. The third-order valence-electron chi connectivity index (χ3n) is 4.22. The van der Waals surface area contributed by atoms with Crippen LogP contribution >= 0.6 is 0 Å². The Morgan fingerprint density at radius 1 is 1.48 bits per heavy atom. The number of aliphatic hydroxyl groups excluding tert-OH is 1. The van der Waals surface area contributed by atoms with Crippen LogP contribution in [-0.4, -0.2) is 42.2 Å². The van der Waals surface area contributed by atoms with E-state index in [0.29, 0.717) is 6.54 Å². The molecule has 2 aliphatic rings. The molecule has 1 N–H and O–H groups in total. The summed E-state index contributed by atoms with van der Waals surface area (Å²) >= 11 is 0. The standard InChI is InChI=1S/C17H21NO3/c19-12-14-2-1-8-18(11-14)17(20)6-4-13-3-5-16-15(10-13)7-9-21-16/h3-6,10,14,19H,1-2,7-9,11-12H2. The maximum atomic E-state index is 12.2. The number of carbonyl (C=O) groups is 1. The number of aliphatic hydroxyl groups is 1. The van der Waals surface area contributed by atoms with E-state index in [1.807, 2.05) is 23.1 Å². The molecule has 1 saturated heterocycles. The first-order chi connectivity index (χ1) is 10.3. The fraction of sp³-hybridized carbons (Fsp3) is 0.471. The maximum Gasteiger partial charge on any atom is 0.246 e. The van der Waals surface area contributed by atoms with E-state index >= 15 is 0 Å². The fourth-order valence-corrected chi connectivity index (χ4v) is 3.00. The molecular formula is C17H21NO3. The van der Waals surface area contributed by atoms with Crippen LogP contribution in [0.3, 0.4) is 0 Å². The van der Waals surface area contributed by atoms with Crippen LogP contribution in [-0.2, 0) is 11.2 Å². The number of nitrogens with zero attached hydrogens (tertiary/aromatic N) is 1. The normalized spacial score (nSPS) is 21.4. The molecule has 0 radical (unpaired) electrons. The number of amides is 1. The molecule has 1 fully saturated rings. The minimum atomic E-state index is 0.0323. The summed E-state index contributed by atoms with van der Waals surface area (Å²) in [4.78, 5) is 14.0. The zero-order chi connectivity index (χ0) is 14.7. The maximum absolute atomic E-state index is 12.2. The van der Waals surface area contributed by atoms with Crippen LogP contribution < -0.4 is 4.74 Å². The highest BCUT2D eigenvalue weighted by Gasteiger charge is 2.21. The van der Waals surface area contributed by atoms with Gasteiger partial charge in [-0.05, 0) is 48.1 Å². The Balaban J connectivity index is 1.64. The zero-order valence-corrected chi connectivity index (χ0v) is 12.1. The molecule has 0 spiro atoms. The lowest BCUT2D eigenvalue weighted by Gasteiger charge is -2.31. The van der Waals surface area contributed by atoms with E-state index in [-0.39, 0.29) is 18.4 Å². The van der Waals surface area contributed by atoms with Crippen LogP contribution in [0, 0.1) is 5.92 Å². The van der Waals surface area contributed by atoms with Crippen molar-refractivity contribution in [2.75, 3.05) is 26.3 Å². The number of hydrogen-bond acceptors (Lipinski definition) is 3. The summed E-state index contributed by atoms with van der Waals surface area (Å²) in [5.41, 5.74) is 2.24. The van der Waals surface area contributed by atoms with Crippen molar-refractivity contribution >= 4 is 12.0 Å². The summed E-state index contributed by atoms with van der Waals surface area (Å²) in [7, 11) is 0. The van der Waals surface area contributed by atoms with Gasteiger partial charge in [-0.1, -0.05) is 6.07 Å². The lowest BCUT2D eigenvalue weighted by Crippen LogP contribution is -2.40. The van der Waals surface area contributed by atoms with Crippen molar-refractivity contribution in [3.05, 3.63) is 35.4 Å². The second-order valence-electron chi connectivity index (χ2n) is 5.77. The van der Waals surface area contributed by atoms with Crippen molar-refractivity contribution in [2.45, 2.75) is 19.3 Å². The van der Waals surface area contributed by atoms with E-state index in [4.69, 9.17) is 4.74 Å². The molecule has 1 aromatic carbocycles. The number of benzene rings is 1. The van der Waals surface area contributed by atoms with Crippen molar-refractivity contribution in [3.8, 4) is 5.75 Å². The highest BCUT2D eigenvalue weighted by molar-refractivity contribution is 5.91. The molecular weight excluding hydrogens is 266 g/mol. The van der Waals surface area contributed by atoms with E-state index < -0.39 is 0 Å². The van der Waals surface area contributed by atoms with Crippen molar-refractivity contribution in [3.63, 3.8) is 0 Å². The van der Waals surface area contributed by atoms with E-state index in [2.05, 4.69) is 6.07 Å². The third-order valence-corrected chi connectivity index (χ3v) is 4.22. The quantitative estimate of drug-likeness (QED) is 0.863. The molecule has 2 heterocycles. The molecule has 2 aliphatic heterocycles. The van der Waals surface area contributed by atoms with Gasteiger partial charge in [-0.3, -0.25) is 4.79 Å². The van der Waals surface area contributed by atoms with Crippen LogP contribution in [0.2, 0.25) is 0 Å². The van der Waals surface area contributed by atoms with Gasteiger partial charge in [-0.15, -0.1) is 0 Å². The smallest absolute Gasteiger partial charge is 0.246 e. The predicted octanol–water partition coefficient (Wildman–Crippen LogP) is 1.87. The summed E-state index contributed by atoms with van der Waals surface area (Å²) in [5, 5.41) is 9.22. The van der Waals surface area contributed by atoms with Gasteiger partial charge in [-0.25, -0.2) is 0 Å². The Morgan fingerprint density at radius 2 is 2.38 bits per heavy atom. The largest absolute Gasteiger partial charge is 0.493 e. The Bertz CT molecular complexity index is 553. The predicted molar refractivity (Wildman–Crippen MR) is 81.1 cm³/mol. The minimum Gasteiger partial charge on any atom is -0.493 e. The highest BCUT2D eigenvalue weighted by atomic mass is 16.5. The molecule has 0 aromatic heterocycles. The van der Waals surface area contributed by atoms with Gasteiger partial charge >= 0.3 is 0 Å². The van der Waals surface area contributed by atoms with Crippen molar-refractivity contribution < 1.29 is 14.6 Å². The first-order valence-corrected chi connectivity index (χ1v) is 7.60. The number of rotatable bonds is 3. The number of likely N-dealkylation sites (tertiary alicyclic amines) is 1. The number of fused-ring (bicyclic) bond motifs is 1. The Kier molecular flexibility index (Phi) is 4.25. The van der Waals surface area contributed by atoms with Gasteiger partial charge in [0.05, 0.1) is 6.61 Å². The van der Waals surface area contributed by atoms with Gasteiger partial charge < -0.3 is 14.7 Å². The Labute approximate surface area is 125 Å². The monoisotopic (exact) mass is 287 g/mol. The number of ether oxygens (including phenoxy) is 1. The molecule has 0 saturated carbocycles. The van der Waals surface area contributed by atoms with E-state index in [1.165, 1.54) is 5.56 Å². The Hall–Kier alpha value is -1.81. The third kappa shape index (κ3) is 3.27. The highest BCUT2D eigenvalue weighted by Crippen LogP contribution is 2.26. The van der Waals surface area contributed by atoms with Gasteiger partial charge in [0.2, 0.25) is 5.91 Å². The SMILES string of the molecule is O=C(C=Cc1ccc2c(c1)CCO2)N1CCCC(CO)C1. The summed E-state index contributed by atoms with van der Waals surface area (Å²) < 4.78 is 5.48. The molecule has 1 atom stereocenters. The molecule has 3 rings (SSSR count).